The molecule has 0 saturated heterocycles. The average molecular weight is 286 g/mol. The summed E-state index contributed by atoms with van der Waals surface area (Å²) in [5.41, 5.74) is 1.24. The molecule has 1 atom stereocenters. The second-order valence-corrected chi connectivity index (χ2v) is 4.81. The van der Waals surface area contributed by atoms with Crippen molar-refractivity contribution in [2.75, 3.05) is 14.2 Å². The summed E-state index contributed by atoms with van der Waals surface area (Å²) in [5.74, 6) is 0.634. The summed E-state index contributed by atoms with van der Waals surface area (Å²) in [6.45, 7) is 1.95. The van der Waals surface area contributed by atoms with Gasteiger partial charge >= 0.3 is 0 Å². The minimum absolute atomic E-state index is 0.0877. The Morgan fingerprint density at radius 2 is 1.86 bits per heavy atom. The van der Waals surface area contributed by atoms with E-state index in [4.69, 9.17) is 4.74 Å². The van der Waals surface area contributed by atoms with Crippen LogP contribution in [-0.4, -0.2) is 29.9 Å². The number of nitrogens with zero attached hydrogens (tertiary/aromatic N) is 1. The summed E-state index contributed by atoms with van der Waals surface area (Å²) in [7, 11) is 3.35. The molecule has 1 N–H and O–H groups in total. The summed E-state index contributed by atoms with van der Waals surface area (Å²) in [6.07, 6.45) is 1.43. The van der Waals surface area contributed by atoms with E-state index in [1.807, 2.05) is 31.2 Å². The predicted molar refractivity (Wildman–Crippen MR) is 80.6 cm³/mol. The molecule has 1 amide bonds. The van der Waals surface area contributed by atoms with Crippen LogP contribution in [0.5, 0.6) is 5.75 Å². The van der Waals surface area contributed by atoms with Gasteiger partial charge in [0.05, 0.1) is 18.7 Å². The van der Waals surface area contributed by atoms with Gasteiger partial charge in [-0.3, -0.25) is 9.59 Å². The third-order valence-corrected chi connectivity index (χ3v) is 3.53. The van der Waals surface area contributed by atoms with Crippen LogP contribution in [0.3, 0.4) is 0 Å². The van der Waals surface area contributed by atoms with Crippen molar-refractivity contribution in [1.82, 2.24) is 9.88 Å². The minimum Gasteiger partial charge on any atom is -0.497 e. The van der Waals surface area contributed by atoms with E-state index >= 15 is 0 Å². The maximum absolute atomic E-state index is 12.4. The lowest BCUT2D eigenvalue weighted by atomic mass is 10.1. The van der Waals surface area contributed by atoms with Crippen LogP contribution in [0, 0.1) is 0 Å². The number of pyridine rings is 1. The molecule has 21 heavy (non-hydrogen) atoms. The number of carbonyl (C=O) groups is 1. The normalized spacial score (nSPS) is 11.8. The zero-order chi connectivity index (χ0) is 15.4. The lowest BCUT2D eigenvalue weighted by Gasteiger charge is -2.25. The maximum Gasteiger partial charge on any atom is 0.255 e. The number of benzene rings is 1. The third-order valence-electron chi connectivity index (χ3n) is 3.53. The summed E-state index contributed by atoms with van der Waals surface area (Å²) < 4.78 is 5.12. The van der Waals surface area contributed by atoms with Crippen molar-refractivity contribution in [1.29, 1.82) is 0 Å². The van der Waals surface area contributed by atoms with Crippen molar-refractivity contribution in [2.45, 2.75) is 13.0 Å². The van der Waals surface area contributed by atoms with Crippen molar-refractivity contribution >= 4 is 5.91 Å². The fourth-order valence-corrected chi connectivity index (χ4v) is 2.03. The number of hydrogen-bond donors (Lipinski definition) is 1. The lowest BCUT2D eigenvalue weighted by molar-refractivity contribution is 0.0742. The van der Waals surface area contributed by atoms with Crippen LogP contribution in [0.25, 0.3) is 0 Å². The van der Waals surface area contributed by atoms with E-state index in [0.29, 0.717) is 5.56 Å². The number of methoxy groups -OCH3 is 1. The molecule has 2 rings (SSSR count). The zero-order valence-electron chi connectivity index (χ0n) is 12.3. The van der Waals surface area contributed by atoms with Crippen LogP contribution < -0.4 is 10.3 Å². The molecule has 0 bridgehead atoms. The highest BCUT2D eigenvalue weighted by atomic mass is 16.5. The van der Waals surface area contributed by atoms with Gasteiger partial charge in [-0.15, -0.1) is 0 Å². The molecule has 1 heterocycles. The molecule has 0 aliphatic carbocycles. The summed E-state index contributed by atoms with van der Waals surface area (Å²) in [5, 5.41) is 0. The van der Waals surface area contributed by atoms with E-state index < -0.39 is 0 Å². The number of nitrogens with one attached hydrogen (secondary N) is 1. The SMILES string of the molecule is COc1ccc([C@@H](C)N(C)C(=O)c2ccc(=O)[nH]c2)cc1. The van der Waals surface area contributed by atoms with Gasteiger partial charge in [-0.2, -0.15) is 0 Å². The van der Waals surface area contributed by atoms with E-state index in [1.54, 1.807) is 19.1 Å². The van der Waals surface area contributed by atoms with E-state index in [2.05, 4.69) is 4.98 Å². The monoisotopic (exact) mass is 286 g/mol. The predicted octanol–water partition coefficient (Wildman–Crippen LogP) is 2.22. The molecule has 0 radical (unpaired) electrons. The third kappa shape index (κ3) is 3.31. The molecule has 110 valence electrons. The van der Waals surface area contributed by atoms with Gasteiger partial charge in [0.15, 0.2) is 0 Å². The quantitative estimate of drug-likeness (QED) is 0.937. The Kier molecular flexibility index (Phi) is 4.42. The molecule has 0 aliphatic rings. The Morgan fingerprint density at radius 3 is 2.38 bits per heavy atom. The van der Waals surface area contributed by atoms with Gasteiger partial charge in [-0.1, -0.05) is 12.1 Å². The van der Waals surface area contributed by atoms with E-state index in [-0.39, 0.29) is 17.5 Å². The van der Waals surface area contributed by atoms with E-state index in [9.17, 15) is 9.59 Å². The van der Waals surface area contributed by atoms with Gasteiger partial charge < -0.3 is 14.6 Å². The van der Waals surface area contributed by atoms with Crippen LogP contribution in [0.2, 0.25) is 0 Å². The van der Waals surface area contributed by atoms with Crippen molar-refractivity contribution in [2.24, 2.45) is 0 Å². The Labute approximate surface area is 123 Å². The number of amides is 1. The summed E-state index contributed by atoms with van der Waals surface area (Å²) in [6, 6.07) is 10.4. The second kappa shape index (κ2) is 6.26. The molecule has 0 unspecified atom stereocenters. The highest BCUT2D eigenvalue weighted by molar-refractivity contribution is 5.93. The summed E-state index contributed by atoms with van der Waals surface area (Å²) >= 11 is 0. The number of carbonyl (C=O) groups excluding carboxylic acids is 1. The minimum atomic E-state index is -0.225. The Bertz CT molecular complexity index is 656. The second-order valence-electron chi connectivity index (χ2n) is 4.81. The lowest BCUT2D eigenvalue weighted by Crippen LogP contribution is -2.30. The molecule has 0 fully saturated rings. The Balaban J connectivity index is 2.17. The molecule has 0 saturated carbocycles. The first-order valence-corrected chi connectivity index (χ1v) is 6.63. The van der Waals surface area contributed by atoms with E-state index in [1.165, 1.54) is 18.3 Å². The van der Waals surface area contributed by atoms with Gasteiger partial charge in [0.25, 0.3) is 5.91 Å². The van der Waals surface area contributed by atoms with Crippen LogP contribution >= 0.6 is 0 Å². The van der Waals surface area contributed by atoms with Crippen LogP contribution in [0.15, 0.2) is 47.4 Å². The first kappa shape index (κ1) is 14.8. The van der Waals surface area contributed by atoms with Gasteiger partial charge in [0.1, 0.15) is 5.75 Å². The van der Waals surface area contributed by atoms with Gasteiger partial charge in [0.2, 0.25) is 5.56 Å². The van der Waals surface area contributed by atoms with Gasteiger partial charge in [0, 0.05) is 19.3 Å². The van der Waals surface area contributed by atoms with Crippen molar-refractivity contribution in [3.05, 3.63) is 64.1 Å². The molecule has 1 aromatic carbocycles. The number of rotatable bonds is 4. The topological polar surface area (TPSA) is 62.4 Å². The summed E-state index contributed by atoms with van der Waals surface area (Å²) in [4.78, 5) is 27.6. The first-order valence-electron chi connectivity index (χ1n) is 6.63. The van der Waals surface area contributed by atoms with Crippen LogP contribution in [0.1, 0.15) is 28.9 Å². The van der Waals surface area contributed by atoms with Gasteiger partial charge in [-0.25, -0.2) is 0 Å². The molecule has 5 heteroatoms. The largest absolute Gasteiger partial charge is 0.497 e. The van der Waals surface area contributed by atoms with Crippen LogP contribution in [-0.2, 0) is 0 Å². The zero-order valence-corrected chi connectivity index (χ0v) is 12.3. The Morgan fingerprint density at radius 1 is 1.19 bits per heavy atom. The average Bonchev–Trinajstić information content (AvgIpc) is 2.53. The highest BCUT2D eigenvalue weighted by Crippen LogP contribution is 2.22. The number of hydrogen-bond acceptors (Lipinski definition) is 3. The molecule has 0 spiro atoms. The standard InChI is InChI=1S/C16H18N2O3/c1-11(12-4-7-14(21-3)8-5-12)18(2)16(20)13-6-9-15(19)17-10-13/h4-11H,1-3H3,(H,17,19)/t11-/m1/s1. The van der Waals surface area contributed by atoms with Crippen molar-refractivity contribution in [3.8, 4) is 5.75 Å². The fraction of sp³-hybridized carbons (Fsp3) is 0.250. The first-order chi connectivity index (χ1) is 10.0. The molecule has 1 aromatic heterocycles. The highest BCUT2D eigenvalue weighted by Gasteiger charge is 2.19. The molecule has 0 aliphatic heterocycles. The molecular formula is C16H18N2O3. The molecular weight excluding hydrogens is 268 g/mol. The maximum atomic E-state index is 12.4. The molecule has 5 nitrogen and oxygen atoms in total. The fourth-order valence-electron chi connectivity index (χ4n) is 2.03. The number of aromatic nitrogens is 1. The van der Waals surface area contributed by atoms with Crippen LogP contribution in [0.4, 0.5) is 0 Å². The Hall–Kier alpha value is -2.56. The number of ether oxygens (including phenoxy) is 1. The number of H-pyrrole nitrogens is 1. The van der Waals surface area contributed by atoms with Crippen molar-refractivity contribution < 1.29 is 9.53 Å². The molecule has 2 aromatic rings. The smallest absolute Gasteiger partial charge is 0.255 e. The van der Waals surface area contributed by atoms with Crippen molar-refractivity contribution in [3.63, 3.8) is 0 Å². The van der Waals surface area contributed by atoms with E-state index in [0.717, 1.165) is 11.3 Å². The van der Waals surface area contributed by atoms with Gasteiger partial charge in [-0.05, 0) is 30.7 Å². The number of aromatic amines is 1.